The molecule has 0 saturated heterocycles. The summed E-state index contributed by atoms with van der Waals surface area (Å²) in [6.07, 6.45) is 0. The van der Waals surface area contributed by atoms with Gasteiger partial charge >= 0.3 is 6.03 Å². The Morgan fingerprint density at radius 2 is 2.00 bits per heavy atom. The Bertz CT molecular complexity index is 423. The minimum Gasteiger partial charge on any atom is -0.374 e. The first-order valence-corrected chi connectivity index (χ1v) is 4.27. The predicted molar refractivity (Wildman–Crippen MR) is 52.6 cm³/mol. The molecule has 0 aliphatic carbocycles. The van der Waals surface area contributed by atoms with E-state index in [0.29, 0.717) is 6.07 Å². The second-order valence-corrected chi connectivity index (χ2v) is 2.89. The van der Waals surface area contributed by atoms with Gasteiger partial charge in [-0.2, -0.15) is 0 Å². The summed E-state index contributed by atoms with van der Waals surface area (Å²) in [6.45, 7) is -0.342. The van der Waals surface area contributed by atoms with Crippen LogP contribution in [0.2, 0.25) is 0 Å². The van der Waals surface area contributed by atoms with Gasteiger partial charge < -0.3 is 11.1 Å². The Morgan fingerprint density at radius 1 is 1.31 bits per heavy atom. The molecule has 1 aromatic rings. The van der Waals surface area contributed by atoms with Crippen molar-refractivity contribution in [2.24, 2.45) is 5.73 Å². The van der Waals surface area contributed by atoms with Gasteiger partial charge in [0.1, 0.15) is 11.6 Å². The smallest absolute Gasteiger partial charge is 0.318 e. The molecule has 0 heterocycles. The number of carbonyl (C=O) groups is 2. The number of amides is 3. The molecular weight excluding hydrogens is 220 g/mol. The lowest BCUT2D eigenvalue weighted by atomic mass is 10.3. The Kier molecular flexibility index (Phi) is 3.76. The molecule has 7 heteroatoms. The summed E-state index contributed by atoms with van der Waals surface area (Å²) in [5.41, 5.74) is 4.65. The number of anilines is 1. The molecule has 0 bridgehead atoms. The lowest BCUT2D eigenvalue weighted by molar-refractivity contribution is -0.118. The van der Waals surface area contributed by atoms with Crippen LogP contribution >= 0.6 is 0 Å². The topological polar surface area (TPSA) is 84.2 Å². The number of hydrogen-bond acceptors (Lipinski definition) is 3. The van der Waals surface area contributed by atoms with Crippen LogP contribution in [0.25, 0.3) is 0 Å². The third-order valence-electron chi connectivity index (χ3n) is 1.63. The summed E-state index contributed by atoms with van der Waals surface area (Å²) in [6, 6.07) is 1.86. The zero-order valence-corrected chi connectivity index (χ0v) is 8.09. The largest absolute Gasteiger partial charge is 0.374 e. The van der Waals surface area contributed by atoms with Gasteiger partial charge in [-0.1, -0.05) is 0 Å². The third kappa shape index (κ3) is 3.52. The van der Waals surface area contributed by atoms with Crippen molar-refractivity contribution >= 4 is 17.6 Å². The Morgan fingerprint density at radius 3 is 2.56 bits per heavy atom. The van der Waals surface area contributed by atoms with Gasteiger partial charge in [-0.15, -0.1) is 0 Å². The minimum atomic E-state index is -0.994. The molecule has 0 saturated carbocycles. The van der Waals surface area contributed by atoms with Crippen LogP contribution in [0.1, 0.15) is 0 Å². The van der Waals surface area contributed by atoms with Crippen molar-refractivity contribution in [2.45, 2.75) is 0 Å². The quantitative estimate of drug-likeness (QED) is 0.708. The van der Waals surface area contributed by atoms with E-state index in [1.54, 1.807) is 5.32 Å². The van der Waals surface area contributed by atoms with Crippen molar-refractivity contribution in [2.75, 3.05) is 11.9 Å². The summed E-state index contributed by atoms with van der Waals surface area (Å²) in [5, 5.41) is 4.17. The van der Waals surface area contributed by atoms with Crippen molar-refractivity contribution in [1.82, 2.24) is 5.32 Å². The Labute approximate surface area is 89.6 Å². The Balaban J connectivity index is 2.54. The predicted octanol–water partition coefficient (Wildman–Crippen LogP) is 0.572. The van der Waals surface area contributed by atoms with Crippen molar-refractivity contribution in [3.63, 3.8) is 0 Å². The maximum Gasteiger partial charge on any atom is 0.318 e. The van der Waals surface area contributed by atoms with Crippen LogP contribution in [0.15, 0.2) is 18.2 Å². The van der Waals surface area contributed by atoms with E-state index in [9.17, 15) is 18.4 Å². The van der Waals surface area contributed by atoms with Crippen LogP contribution in [0, 0.1) is 11.6 Å². The molecule has 1 rings (SSSR count). The van der Waals surface area contributed by atoms with Crippen molar-refractivity contribution in [3.05, 3.63) is 29.8 Å². The van der Waals surface area contributed by atoms with E-state index < -0.39 is 23.6 Å². The lowest BCUT2D eigenvalue weighted by Gasteiger charge is -2.06. The summed E-state index contributed by atoms with van der Waals surface area (Å²) in [7, 11) is 0. The average molecular weight is 229 g/mol. The average Bonchev–Trinajstić information content (AvgIpc) is 2.15. The summed E-state index contributed by atoms with van der Waals surface area (Å²) >= 11 is 0. The van der Waals surface area contributed by atoms with Gasteiger partial charge in [0.15, 0.2) is 0 Å². The fourth-order valence-electron chi connectivity index (χ4n) is 0.990. The van der Waals surface area contributed by atoms with Gasteiger partial charge in [-0.3, -0.25) is 10.1 Å². The van der Waals surface area contributed by atoms with Crippen LogP contribution in [0.3, 0.4) is 0 Å². The minimum absolute atomic E-state index is 0.0407. The molecule has 5 nitrogen and oxygen atoms in total. The highest BCUT2D eigenvalue weighted by Crippen LogP contribution is 2.14. The van der Waals surface area contributed by atoms with Gasteiger partial charge in [0.25, 0.3) is 0 Å². The zero-order valence-electron chi connectivity index (χ0n) is 8.09. The van der Waals surface area contributed by atoms with E-state index >= 15 is 0 Å². The van der Waals surface area contributed by atoms with Gasteiger partial charge in [0.05, 0.1) is 12.2 Å². The first-order chi connectivity index (χ1) is 7.49. The molecule has 0 radical (unpaired) electrons. The second kappa shape index (κ2) is 5.06. The maximum absolute atomic E-state index is 13.0. The second-order valence-electron chi connectivity index (χ2n) is 2.89. The number of halogens is 2. The highest BCUT2D eigenvalue weighted by Gasteiger charge is 2.07. The van der Waals surface area contributed by atoms with Gasteiger partial charge in [0, 0.05) is 6.07 Å². The molecule has 16 heavy (non-hydrogen) atoms. The van der Waals surface area contributed by atoms with E-state index in [2.05, 4.69) is 11.1 Å². The normalized spacial score (nSPS) is 9.62. The number of primary amides is 1. The van der Waals surface area contributed by atoms with Gasteiger partial charge in [-0.25, -0.2) is 13.6 Å². The maximum atomic E-state index is 13.0. The number of nitrogens with two attached hydrogens (primary N) is 1. The molecule has 0 aliphatic rings. The lowest BCUT2D eigenvalue weighted by Crippen LogP contribution is -2.38. The summed E-state index contributed by atoms with van der Waals surface area (Å²) in [5.74, 6) is -2.26. The molecule has 0 atom stereocenters. The third-order valence-corrected chi connectivity index (χ3v) is 1.63. The van der Waals surface area contributed by atoms with Gasteiger partial charge in [-0.05, 0) is 12.1 Å². The molecule has 86 valence electrons. The molecule has 0 aliphatic heterocycles. The SMILES string of the molecule is NC(=O)NC(=O)CNc1ccc(F)cc1F. The number of nitrogens with one attached hydrogen (secondary N) is 2. The first kappa shape index (κ1) is 11.9. The molecule has 0 unspecified atom stereocenters. The molecule has 0 fully saturated rings. The molecule has 0 spiro atoms. The number of urea groups is 1. The standard InChI is InChI=1S/C9H9F2N3O2/c10-5-1-2-7(6(11)3-5)13-4-8(15)14-9(12)16/h1-3,13H,4H2,(H3,12,14,15,16). The van der Waals surface area contributed by atoms with Crippen molar-refractivity contribution in [3.8, 4) is 0 Å². The van der Waals surface area contributed by atoms with Crippen molar-refractivity contribution in [1.29, 1.82) is 0 Å². The fourth-order valence-corrected chi connectivity index (χ4v) is 0.990. The van der Waals surface area contributed by atoms with E-state index in [-0.39, 0.29) is 12.2 Å². The van der Waals surface area contributed by atoms with E-state index in [0.717, 1.165) is 12.1 Å². The van der Waals surface area contributed by atoms with Crippen LogP contribution in [0.4, 0.5) is 19.3 Å². The highest BCUT2D eigenvalue weighted by atomic mass is 19.1. The first-order valence-electron chi connectivity index (χ1n) is 4.27. The number of benzene rings is 1. The van der Waals surface area contributed by atoms with E-state index in [1.807, 2.05) is 0 Å². The van der Waals surface area contributed by atoms with Crippen LogP contribution < -0.4 is 16.4 Å². The van der Waals surface area contributed by atoms with Crippen LogP contribution in [0.5, 0.6) is 0 Å². The number of imide groups is 1. The van der Waals surface area contributed by atoms with Crippen LogP contribution in [-0.4, -0.2) is 18.5 Å². The van der Waals surface area contributed by atoms with Crippen molar-refractivity contribution < 1.29 is 18.4 Å². The monoisotopic (exact) mass is 229 g/mol. The van der Waals surface area contributed by atoms with Gasteiger partial charge in [0.2, 0.25) is 5.91 Å². The molecule has 1 aromatic carbocycles. The number of rotatable bonds is 3. The molecule has 0 aromatic heterocycles. The molecular formula is C9H9F2N3O2. The summed E-state index contributed by atoms with van der Waals surface area (Å²) < 4.78 is 25.5. The Hall–Kier alpha value is -2.18. The zero-order chi connectivity index (χ0) is 12.1. The van der Waals surface area contributed by atoms with Crippen LogP contribution in [-0.2, 0) is 4.79 Å². The fraction of sp³-hybridized carbons (Fsp3) is 0.111. The molecule has 4 N–H and O–H groups in total. The summed E-state index contributed by atoms with van der Waals surface area (Å²) in [4.78, 5) is 21.2. The van der Waals surface area contributed by atoms with E-state index in [1.165, 1.54) is 0 Å². The van der Waals surface area contributed by atoms with E-state index in [4.69, 9.17) is 0 Å². The number of carbonyl (C=O) groups excluding carboxylic acids is 2. The molecule has 3 amide bonds. The number of hydrogen-bond donors (Lipinski definition) is 3. The highest BCUT2D eigenvalue weighted by molar-refractivity contribution is 5.95.